The van der Waals surface area contributed by atoms with Gasteiger partial charge in [-0.1, -0.05) is 57.8 Å². The van der Waals surface area contributed by atoms with Crippen molar-refractivity contribution in [2.24, 2.45) is 5.92 Å². The van der Waals surface area contributed by atoms with Crippen molar-refractivity contribution >= 4 is 11.8 Å². The van der Waals surface area contributed by atoms with Gasteiger partial charge >= 0.3 is 0 Å². The summed E-state index contributed by atoms with van der Waals surface area (Å²) in [5, 5.41) is 5.38. The molecule has 4 heteroatoms. The third-order valence-corrected chi connectivity index (χ3v) is 4.62. The molecule has 4 nitrogen and oxygen atoms in total. The van der Waals surface area contributed by atoms with E-state index in [1.54, 1.807) is 0 Å². The first-order valence-electron chi connectivity index (χ1n) is 8.33. The minimum Gasteiger partial charge on any atom is -0.352 e. The molecule has 20 heavy (non-hydrogen) atoms. The topological polar surface area (TPSA) is 58.2 Å². The normalized spacial score (nSPS) is 23.0. The van der Waals surface area contributed by atoms with Gasteiger partial charge in [0.05, 0.1) is 0 Å². The van der Waals surface area contributed by atoms with E-state index in [0.717, 1.165) is 18.8 Å². The zero-order valence-electron chi connectivity index (χ0n) is 12.5. The van der Waals surface area contributed by atoms with E-state index in [4.69, 9.17) is 0 Å². The number of carbonyl (C=O) groups is 2. The maximum absolute atomic E-state index is 11.6. The van der Waals surface area contributed by atoms with E-state index in [9.17, 15) is 9.59 Å². The predicted octanol–water partition coefficient (Wildman–Crippen LogP) is 2.52. The Balaban J connectivity index is 1.41. The highest BCUT2D eigenvalue weighted by Crippen LogP contribution is 2.28. The van der Waals surface area contributed by atoms with Crippen LogP contribution >= 0.6 is 0 Å². The summed E-state index contributed by atoms with van der Waals surface area (Å²) >= 11 is 0. The quantitative estimate of drug-likeness (QED) is 0.530. The highest BCUT2D eigenvalue weighted by molar-refractivity contribution is 5.92. The number of amides is 2. The monoisotopic (exact) mass is 280 g/mol. The lowest BCUT2D eigenvalue weighted by molar-refractivity contribution is -0.133. The zero-order valence-corrected chi connectivity index (χ0v) is 12.5. The first-order valence-corrected chi connectivity index (χ1v) is 8.33. The Morgan fingerprint density at radius 3 is 2.50 bits per heavy atom. The van der Waals surface area contributed by atoms with Crippen molar-refractivity contribution in [1.82, 2.24) is 10.6 Å². The molecule has 1 aliphatic heterocycles. The van der Waals surface area contributed by atoms with Crippen molar-refractivity contribution in [2.75, 3.05) is 6.54 Å². The van der Waals surface area contributed by atoms with Gasteiger partial charge in [-0.25, -0.2) is 0 Å². The van der Waals surface area contributed by atoms with Crippen molar-refractivity contribution in [1.29, 1.82) is 0 Å². The van der Waals surface area contributed by atoms with Crippen molar-refractivity contribution in [3.8, 4) is 0 Å². The van der Waals surface area contributed by atoms with Crippen molar-refractivity contribution in [3.63, 3.8) is 0 Å². The molecule has 0 bridgehead atoms. The maximum Gasteiger partial charge on any atom is 0.244 e. The summed E-state index contributed by atoms with van der Waals surface area (Å²) in [7, 11) is 0. The number of β-lactam (4-membered cyclic amide) rings is 1. The zero-order chi connectivity index (χ0) is 14.2. The Morgan fingerprint density at radius 2 is 1.85 bits per heavy atom. The summed E-state index contributed by atoms with van der Waals surface area (Å²) in [4.78, 5) is 22.6. The summed E-state index contributed by atoms with van der Waals surface area (Å²) in [5.74, 6) is 0.951. The van der Waals surface area contributed by atoms with Crippen LogP contribution in [0.3, 0.4) is 0 Å². The lowest BCUT2D eigenvalue weighted by Gasteiger charge is -2.26. The Labute approximate surface area is 122 Å². The number of nitrogens with one attached hydrogen (secondary N) is 2. The van der Waals surface area contributed by atoms with E-state index >= 15 is 0 Å². The molecule has 1 heterocycles. The van der Waals surface area contributed by atoms with E-state index in [0.29, 0.717) is 13.0 Å². The van der Waals surface area contributed by atoms with Gasteiger partial charge in [-0.2, -0.15) is 0 Å². The second-order valence-electron chi connectivity index (χ2n) is 6.32. The van der Waals surface area contributed by atoms with Gasteiger partial charge in [-0.05, 0) is 12.3 Å². The Morgan fingerprint density at radius 1 is 1.10 bits per heavy atom. The molecule has 0 spiro atoms. The van der Waals surface area contributed by atoms with Gasteiger partial charge < -0.3 is 10.6 Å². The van der Waals surface area contributed by atoms with Crippen molar-refractivity contribution in [2.45, 2.75) is 76.7 Å². The van der Waals surface area contributed by atoms with Gasteiger partial charge in [-0.15, -0.1) is 0 Å². The molecular weight excluding hydrogens is 252 g/mol. The highest BCUT2D eigenvalue weighted by Gasteiger charge is 2.28. The van der Waals surface area contributed by atoms with E-state index in [2.05, 4.69) is 10.6 Å². The molecule has 1 atom stereocenters. The molecular formula is C16H28N2O2. The third kappa shape index (κ3) is 5.14. The van der Waals surface area contributed by atoms with Crippen LogP contribution in [0, 0.1) is 5.92 Å². The molecule has 2 amide bonds. The fraction of sp³-hybridized carbons (Fsp3) is 0.875. The maximum atomic E-state index is 11.6. The molecule has 114 valence electrons. The van der Waals surface area contributed by atoms with Crippen LogP contribution in [-0.4, -0.2) is 24.4 Å². The number of rotatable bonds is 8. The number of hydrogen-bond donors (Lipinski definition) is 2. The van der Waals surface area contributed by atoms with Crippen LogP contribution < -0.4 is 10.6 Å². The molecule has 2 rings (SSSR count). The Bertz CT molecular complexity index is 324. The van der Waals surface area contributed by atoms with Crippen LogP contribution in [0.5, 0.6) is 0 Å². The predicted molar refractivity (Wildman–Crippen MR) is 79.2 cm³/mol. The fourth-order valence-electron chi connectivity index (χ4n) is 3.22. The molecule has 1 saturated carbocycles. The first kappa shape index (κ1) is 15.3. The first-order chi connectivity index (χ1) is 9.75. The molecule has 1 saturated heterocycles. The van der Waals surface area contributed by atoms with E-state index < -0.39 is 0 Å². The number of unbranched alkanes of at least 4 members (excludes halogenated alkanes) is 3. The minimum atomic E-state index is -0.270. The van der Waals surface area contributed by atoms with Gasteiger partial charge in [0.15, 0.2) is 0 Å². The highest BCUT2D eigenvalue weighted by atomic mass is 16.2. The standard InChI is InChI=1S/C16H28N2O2/c19-15(18-14-12-17-16(14)20)11-7-2-1-4-8-13-9-5-3-6-10-13/h13-14H,1-12H2,(H,17,20)(H,18,19). The molecule has 0 radical (unpaired) electrons. The number of carbonyl (C=O) groups excluding carboxylic acids is 2. The third-order valence-electron chi connectivity index (χ3n) is 4.62. The average molecular weight is 280 g/mol. The van der Waals surface area contributed by atoms with Crippen molar-refractivity contribution < 1.29 is 9.59 Å². The van der Waals surface area contributed by atoms with Gasteiger partial charge in [-0.3, -0.25) is 9.59 Å². The lowest BCUT2D eigenvalue weighted by atomic mass is 9.85. The summed E-state index contributed by atoms with van der Waals surface area (Å²) in [6, 6.07) is -0.270. The summed E-state index contributed by atoms with van der Waals surface area (Å²) in [6.45, 7) is 0.589. The fourth-order valence-corrected chi connectivity index (χ4v) is 3.22. The van der Waals surface area contributed by atoms with Crippen LogP contribution in [0.15, 0.2) is 0 Å². The van der Waals surface area contributed by atoms with Crippen LogP contribution in [-0.2, 0) is 9.59 Å². The van der Waals surface area contributed by atoms with Gasteiger partial charge in [0.25, 0.3) is 0 Å². The van der Waals surface area contributed by atoms with Crippen LogP contribution in [0.4, 0.5) is 0 Å². The minimum absolute atomic E-state index is 0.0251. The molecule has 2 aliphatic rings. The number of hydrogen-bond acceptors (Lipinski definition) is 2. The Kier molecular flexibility index (Phi) is 6.34. The lowest BCUT2D eigenvalue weighted by Crippen LogP contribution is -2.61. The second-order valence-corrected chi connectivity index (χ2v) is 6.32. The summed E-state index contributed by atoms with van der Waals surface area (Å²) < 4.78 is 0. The van der Waals surface area contributed by atoms with Crippen molar-refractivity contribution in [3.05, 3.63) is 0 Å². The van der Waals surface area contributed by atoms with Gasteiger partial charge in [0.1, 0.15) is 6.04 Å². The summed E-state index contributed by atoms with van der Waals surface area (Å²) in [6.07, 6.45) is 13.8. The Hall–Kier alpha value is -1.06. The smallest absolute Gasteiger partial charge is 0.244 e. The van der Waals surface area contributed by atoms with E-state index in [-0.39, 0.29) is 17.9 Å². The molecule has 2 fully saturated rings. The largest absolute Gasteiger partial charge is 0.352 e. The molecule has 2 N–H and O–H groups in total. The van der Waals surface area contributed by atoms with E-state index in [1.165, 1.54) is 51.4 Å². The summed E-state index contributed by atoms with van der Waals surface area (Å²) in [5.41, 5.74) is 0. The molecule has 0 aromatic rings. The SMILES string of the molecule is O=C(CCCCCCC1CCCCC1)NC1CNC1=O. The van der Waals surface area contributed by atoms with Crippen LogP contribution in [0.2, 0.25) is 0 Å². The van der Waals surface area contributed by atoms with Gasteiger partial charge in [0.2, 0.25) is 11.8 Å². The van der Waals surface area contributed by atoms with Crippen LogP contribution in [0.25, 0.3) is 0 Å². The second kappa shape index (κ2) is 8.28. The van der Waals surface area contributed by atoms with Crippen LogP contribution in [0.1, 0.15) is 70.6 Å². The molecule has 1 aliphatic carbocycles. The van der Waals surface area contributed by atoms with Gasteiger partial charge in [0, 0.05) is 13.0 Å². The molecule has 0 aromatic heterocycles. The van der Waals surface area contributed by atoms with E-state index in [1.807, 2.05) is 0 Å². The molecule has 0 aromatic carbocycles. The molecule has 1 unspecified atom stereocenters. The average Bonchev–Trinajstić information content (AvgIpc) is 2.48.